The molecule has 1 aromatic heterocycles. The molecule has 1 aromatic carbocycles. The standard InChI is InChI=1S/C19H27N5O2/c1-15-6-3-4-7-17(15)12-22-8-5-9-23(11-10-22)19(26)14-24-13-18(16(2)25)20-21-24/h3-4,6-7,13,16,25H,5,8-12,14H2,1-2H3. The lowest BCUT2D eigenvalue weighted by atomic mass is 10.1. The van der Waals surface area contributed by atoms with Gasteiger partial charge in [0.25, 0.3) is 0 Å². The number of aliphatic hydroxyl groups excluding tert-OH is 1. The van der Waals surface area contributed by atoms with Crippen LogP contribution in [0, 0.1) is 6.92 Å². The van der Waals surface area contributed by atoms with Gasteiger partial charge in [0.2, 0.25) is 5.91 Å². The molecule has 0 bridgehead atoms. The Morgan fingerprint density at radius 1 is 1.23 bits per heavy atom. The Bertz CT molecular complexity index is 743. The minimum atomic E-state index is -0.674. The molecule has 0 saturated carbocycles. The monoisotopic (exact) mass is 357 g/mol. The van der Waals surface area contributed by atoms with E-state index >= 15 is 0 Å². The Kier molecular flexibility index (Phi) is 6.00. The van der Waals surface area contributed by atoms with Crippen molar-refractivity contribution in [3.05, 3.63) is 47.3 Å². The van der Waals surface area contributed by atoms with E-state index in [1.807, 2.05) is 4.90 Å². The lowest BCUT2D eigenvalue weighted by molar-refractivity contribution is -0.131. The third kappa shape index (κ3) is 4.68. The largest absolute Gasteiger partial charge is 0.387 e. The van der Waals surface area contributed by atoms with Crippen molar-refractivity contribution in [1.29, 1.82) is 0 Å². The molecule has 0 aliphatic carbocycles. The van der Waals surface area contributed by atoms with Crippen LogP contribution in [-0.2, 0) is 17.9 Å². The zero-order chi connectivity index (χ0) is 18.5. The third-order valence-corrected chi connectivity index (χ3v) is 4.88. The summed E-state index contributed by atoms with van der Waals surface area (Å²) in [6, 6.07) is 8.46. The molecule has 2 heterocycles. The van der Waals surface area contributed by atoms with E-state index in [1.165, 1.54) is 15.8 Å². The van der Waals surface area contributed by atoms with Crippen LogP contribution >= 0.6 is 0 Å². The van der Waals surface area contributed by atoms with Gasteiger partial charge in [0.05, 0.1) is 12.3 Å². The smallest absolute Gasteiger partial charge is 0.244 e. The van der Waals surface area contributed by atoms with E-state index in [-0.39, 0.29) is 12.5 Å². The van der Waals surface area contributed by atoms with Gasteiger partial charge >= 0.3 is 0 Å². The summed E-state index contributed by atoms with van der Waals surface area (Å²) in [6.07, 6.45) is 1.92. The van der Waals surface area contributed by atoms with Crippen molar-refractivity contribution >= 4 is 5.91 Å². The van der Waals surface area contributed by atoms with Gasteiger partial charge in [-0.2, -0.15) is 0 Å². The third-order valence-electron chi connectivity index (χ3n) is 4.88. The van der Waals surface area contributed by atoms with Crippen LogP contribution in [0.2, 0.25) is 0 Å². The van der Waals surface area contributed by atoms with Gasteiger partial charge in [0.15, 0.2) is 0 Å². The SMILES string of the molecule is Cc1ccccc1CN1CCCN(C(=O)Cn2cc(C(C)O)nn2)CC1. The summed E-state index contributed by atoms with van der Waals surface area (Å²) in [5.74, 6) is 0.0461. The first-order valence-electron chi connectivity index (χ1n) is 9.15. The lowest BCUT2D eigenvalue weighted by Crippen LogP contribution is -2.37. The molecule has 7 heteroatoms. The molecule has 7 nitrogen and oxygen atoms in total. The van der Waals surface area contributed by atoms with E-state index in [2.05, 4.69) is 46.4 Å². The summed E-state index contributed by atoms with van der Waals surface area (Å²) in [5.41, 5.74) is 3.14. The van der Waals surface area contributed by atoms with Crippen LogP contribution in [0.15, 0.2) is 30.5 Å². The molecule has 0 radical (unpaired) electrons. The number of aryl methyl sites for hydroxylation is 1. The van der Waals surface area contributed by atoms with E-state index in [4.69, 9.17) is 0 Å². The highest BCUT2D eigenvalue weighted by molar-refractivity contribution is 5.75. The number of aliphatic hydroxyl groups is 1. The average Bonchev–Trinajstić information content (AvgIpc) is 2.95. The maximum Gasteiger partial charge on any atom is 0.244 e. The predicted octanol–water partition coefficient (Wildman–Crippen LogP) is 1.37. The average molecular weight is 357 g/mol. The van der Waals surface area contributed by atoms with E-state index in [0.717, 1.165) is 39.1 Å². The van der Waals surface area contributed by atoms with Crippen molar-refractivity contribution in [2.75, 3.05) is 26.2 Å². The van der Waals surface area contributed by atoms with Gasteiger partial charge < -0.3 is 10.0 Å². The first-order chi connectivity index (χ1) is 12.5. The quantitative estimate of drug-likeness (QED) is 0.875. The zero-order valence-electron chi connectivity index (χ0n) is 15.5. The van der Waals surface area contributed by atoms with Crippen LogP contribution in [0.3, 0.4) is 0 Å². The Morgan fingerprint density at radius 3 is 2.77 bits per heavy atom. The van der Waals surface area contributed by atoms with Crippen LogP contribution in [0.4, 0.5) is 0 Å². The normalized spacial score (nSPS) is 17.1. The molecular formula is C19H27N5O2. The summed E-state index contributed by atoms with van der Waals surface area (Å²) < 4.78 is 1.50. The Hall–Kier alpha value is -2.25. The molecular weight excluding hydrogens is 330 g/mol. The Labute approximate surface area is 154 Å². The fourth-order valence-electron chi connectivity index (χ4n) is 3.23. The molecule has 140 valence electrons. The number of nitrogens with zero attached hydrogens (tertiary/aromatic N) is 5. The van der Waals surface area contributed by atoms with Gasteiger partial charge in [-0.25, -0.2) is 4.68 Å². The maximum absolute atomic E-state index is 12.6. The summed E-state index contributed by atoms with van der Waals surface area (Å²) in [6.45, 7) is 8.22. The minimum absolute atomic E-state index is 0.0461. The second-order valence-corrected chi connectivity index (χ2v) is 6.95. The summed E-state index contributed by atoms with van der Waals surface area (Å²) in [4.78, 5) is 16.9. The maximum atomic E-state index is 12.6. The molecule has 1 unspecified atom stereocenters. The lowest BCUT2D eigenvalue weighted by Gasteiger charge is -2.22. The van der Waals surface area contributed by atoms with Crippen molar-refractivity contribution in [2.45, 2.75) is 39.5 Å². The highest BCUT2D eigenvalue weighted by Crippen LogP contribution is 2.13. The molecule has 1 aliphatic rings. The van der Waals surface area contributed by atoms with Crippen molar-refractivity contribution in [1.82, 2.24) is 24.8 Å². The highest BCUT2D eigenvalue weighted by atomic mass is 16.3. The van der Waals surface area contributed by atoms with Gasteiger partial charge in [-0.15, -0.1) is 5.10 Å². The summed E-state index contributed by atoms with van der Waals surface area (Å²) >= 11 is 0. The summed E-state index contributed by atoms with van der Waals surface area (Å²) in [7, 11) is 0. The Morgan fingerprint density at radius 2 is 2.04 bits per heavy atom. The van der Waals surface area contributed by atoms with Crippen LogP contribution in [0.25, 0.3) is 0 Å². The fraction of sp³-hybridized carbons (Fsp3) is 0.526. The van der Waals surface area contributed by atoms with E-state index < -0.39 is 6.10 Å². The first-order valence-corrected chi connectivity index (χ1v) is 9.15. The number of hydrogen-bond donors (Lipinski definition) is 1. The van der Waals surface area contributed by atoms with Crippen molar-refractivity contribution in [3.8, 4) is 0 Å². The number of benzene rings is 1. The van der Waals surface area contributed by atoms with Crippen LogP contribution in [0.1, 0.15) is 36.3 Å². The van der Waals surface area contributed by atoms with Crippen molar-refractivity contribution in [2.24, 2.45) is 0 Å². The topological polar surface area (TPSA) is 74.5 Å². The number of carbonyl (C=O) groups is 1. The van der Waals surface area contributed by atoms with Crippen LogP contribution < -0.4 is 0 Å². The molecule has 26 heavy (non-hydrogen) atoms. The highest BCUT2D eigenvalue weighted by Gasteiger charge is 2.20. The second-order valence-electron chi connectivity index (χ2n) is 6.95. The van der Waals surface area contributed by atoms with Gasteiger partial charge in [0.1, 0.15) is 12.2 Å². The molecule has 2 aromatic rings. The second kappa shape index (κ2) is 8.42. The summed E-state index contributed by atoms with van der Waals surface area (Å²) in [5, 5.41) is 17.3. The molecule has 0 spiro atoms. The number of amides is 1. The van der Waals surface area contributed by atoms with E-state index in [9.17, 15) is 9.90 Å². The van der Waals surface area contributed by atoms with Crippen molar-refractivity contribution < 1.29 is 9.90 Å². The zero-order valence-corrected chi connectivity index (χ0v) is 15.5. The van der Waals surface area contributed by atoms with Gasteiger partial charge in [-0.05, 0) is 31.4 Å². The number of aromatic nitrogens is 3. The molecule has 1 amide bonds. The number of rotatable bonds is 5. The molecule has 1 atom stereocenters. The molecule has 1 fully saturated rings. The van der Waals surface area contributed by atoms with E-state index in [0.29, 0.717) is 5.69 Å². The van der Waals surface area contributed by atoms with Crippen LogP contribution in [-0.4, -0.2) is 62.0 Å². The van der Waals surface area contributed by atoms with Gasteiger partial charge in [-0.1, -0.05) is 29.5 Å². The molecule has 1 saturated heterocycles. The fourth-order valence-corrected chi connectivity index (χ4v) is 3.23. The van der Waals surface area contributed by atoms with E-state index in [1.54, 1.807) is 13.1 Å². The first kappa shape index (κ1) is 18.5. The number of carbonyl (C=O) groups excluding carboxylic acids is 1. The molecule has 1 aliphatic heterocycles. The minimum Gasteiger partial charge on any atom is -0.387 e. The Balaban J connectivity index is 1.54. The number of hydrogen-bond acceptors (Lipinski definition) is 5. The van der Waals surface area contributed by atoms with Crippen molar-refractivity contribution in [3.63, 3.8) is 0 Å². The predicted molar refractivity (Wildman–Crippen MR) is 98.3 cm³/mol. The molecule has 1 N–H and O–H groups in total. The van der Waals surface area contributed by atoms with Crippen LogP contribution in [0.5, 0.6) is 0 Å². The molecule has 3 rings (SSSR count). The van der Waals surface area contributed by atoms with Gasteiger partial charge in [0, 0.05) is 32.7 Å². The van der Waals surface area contributed by atoms with Gasteiger partial charge in [-0.3, -0.25) is 9.69 Å².